The first-order chi connectivity index (χ1) is 13.1. The zero-order valence-electron chi connectivity index (χ0n) is 16.0. The summed E-state index contributed by atoms with van der Waals surface area (Å²) >= 11 is 0. The zero-order chi connectivity index (χ0) is 19.2. The minimum atomic E-state index is -0.225. The van der Waals surface area contributed by atoms with Gasteiger partial charge in [-0.3, -0.25) is 9.59 Å². The number of carbonyl (C=O) groups is 2. The molecule has 1 aromatic carbocycles. The molecule has 0 unspecified atom stereocenters. The van der Waals surface area contributed by atoms with Gasteiger partial charge in [-0.2, -0.15) is 0 Å². The van der Waals surface area contributed by atoms with Crippen LogP contribution < -0.4 is 10.6 Å². The Hall–Kier alpha value is -2.67. The summed E-state index contributed by atoms with van der Waals surface area (Å²) in [4.78, 5) is 31.7. The van der Waals surface area contributed by atoms with Crippen LogP contribution in [-0.2, 0) is 19.5 Å². The second-order valence-corrected chi connectivity index (χ2v) is 7.07. The van der Waals surface area contributed by atoms with E-state index in [1.807, 2.05) is 53.9 Å². The van der Waals surface area contributed by atoms with Gasteiger partial charge in [0.25, 0.3) is 11.8 Å². The molecule has 1 aliphatic heterocycles. The molecule has 2 N–H and O–H groups in total. The third-order valence-electron chi connectivity index (χ3n) is 4.68. The van der Waals surface area contributed by atoms with Crippen molar-refractivity contribution in [3.8, 4) is 0 Å². The highest BCUT2D eigenvalue weighted by molar-refractivity contribution is 5.97. The molecule has 1 aliphatic rings. The highest BCUT2D eigenvalue weighted by Crippen LogP contribution is 2.21. The lowest BCUT2D eigenvalue weighted by Gasteiger charge is -2.17. The van der Waals surface area contributed by atoms with Crippen LogP contribution >= 0.6 is 0 Å². The predicted molar refractivity (Wildman–Crippen MR) is 104 cm³/mol. The van der Waals surface area contributed by atoms with Crippen LogP contribution in [0.4, 0.5) is 0 Å². The summed E-state index contributed by atoms with van der Waals surface area (Å²) in [6.07, 6.45) is 2.77. The maximum Gasteiger partial charge on any atom is 0.287 e. The fourth-order valence-corrected chi connectivity index (χ4v) is 3.23. The maximum absolute atomic E-state index is 12.7. The number of hydrogen-bond donors (Lipinski definition) is 2. The second-order valence-electron chi connectivity index (χ2n) is 7.07. The minimum absolute atomic E-state index is 0.220. The number of nitrogens with zero attached hydrogens (tertiary/aromatic N) is 3. The number of amides is 2. The Balaban J connectivity index is 1.74. The average Bonchev–Trinajstić information content (AvgIpc) is 3.06. The summed E-state index contributed by atoms with van der Waals surface area (Å²) in [7, 11) is 3.91. The molecule has 0 aliphatic carbocycles. The number of carbonyl (C=O) groups excluding carboxylic acids is 2. The molecule has 3 rings (SSSR count). The predicted octanol–water partition coefficient (Wildman–Crippen LogP) is 1.44. The Morgan fingerprint density at radius 2 is 1.89 bits per heavy atom. The van der Waals surface area contributed by atoms with E-state index in [9.17, 15) is 9.59 Å². The first-order valence-corrected chi connectivity index (χ1v) is 9.40. The van der Waals surface area contributed by atoms with E-state index in [1.54, 1.807) is 0 Å². The SMILES string of the molecule is CN(C)CCNC(=O)c1nc(C(=O)NCc2ccccc2)c2n1CCCC2. The molecule has 2 heterocycles. The van der Waals surface area contributed by atoms with E-state index >= 15 is 0 Å². The number of likely N-dealkylation sites (N-methyl/N-ethyl adjacent to an activating group) is 1. The van der Waals surface area contributed by atoms with Crippen molar-refractivity contribution in [3.05, 3.63) is 53.1 Å². The van der Waals surface area contributed by atoms with Crippen LogP contribution in [0.2, 0.25) is 0 Å². The van der Waals surface area contributed by atoms with E-state index in [0.717, 1.165) is 43.6 Å². The third kappa shape index (κ3) is 4.74. The standard InChI is InChI=1S/C20H27N5O2/c1-24(2)13-11-21-20(27)18-23-17(16-10-6-7-12-25(16)18)19(26)22-14-15-8-4-3-5-9-15/h3-5,8-9H,6-7,10-14H2,1-2H3,(H,21,27)(H,22,26). The van der Waals surface area contributed by atoms with E-state index in [-0.39, 0.29) is 11.8 Å². The van der Waals surface area contributed by atoms with E-state index in [0.29, 0.717) is 24.6 Å². The smallest absolute Gasteiger partial charge is 0.287 e. The molecule has 0 bridgehead atoms. The topological polar surface area (TPSA) is 79.3 Å². The molecule has 0 radical (unpaired) electrons. The van der Waals surface area contributed by atoms with Crippen LogP contribution in [0.25, 0.3) is 0 Å². The lowest BCUT2D eigenvalue weighted by atomic mass is 10.1. The summed E-state index contributed by atoms with van der Waals surface area (Å²) in [5.41, 5.74) is 2.27. The van der Waals surface area contributed by atoms with Crippen molar-refractivity contribution in [1.82, 2.24) is 25.1 Å². The molecule has 0 saturated carbocycles. The summed E-state index contributed by atoms with van der Waals surface area (Å²) in [5, 5.41) is 5.82. The number of benzene rings is 1. The van der Waals surface area contributed by atoms with Crippen molar-refractivity contribution in [2.75, 3.05) is 27.2 Å². The maximum atomic E-state index is 12.7. The second kappa shape index (κ2) is 8.81. The van der Waals surface area contributed by atoms with Gasteiger partial charge >= 0.3 is 0 Å². The van der Waals surface area contributed by atoms with Crippen LogP contribution in [0.5, 0.6) is 0 Å². The first kappa shape index (κ1) is 19.1. The van der Waals surface area contributed by atoms with Crippen molar-refractivity contribution >= 4 is 11.8 Å². The van der Waals surface area contributed by atoms with Crippen molar-refractivity contribution in [1.29, 1.82) is 0 Å². The van der Waals surface area contributed by atoms with Crippen molar-refractivity contribution in [3.63, 3.8) is 0 Å². The summed E-state index contributed by atoms with van der Waals surface area (Å²) in [6, 6.07) is 9.75. The van der Waals surface area contributed by atoms with Gasteiger partial charge in [-0.05, 0) is 38.9 Å². The Bertz CT molecular complexity index is 798. The van der Waals surface area contributed by atoms with E-state index in [2.05, 4.69) is 15.6 Å². The average molecular weight is 369 g/mol. The first-order valence-electron chi connectivity index (χ1n) is 9.40. The lowest BCUT2D eigenvalue weighted by molar-refractivity contribution is 0.0935. The molecule has 7 heteroatoms. The van der Waals surface area contributed by atoms with Crippen LogP contribution in [0, 0.1) is 0 Å². The molecule has 27 heavy (non-hydrogen) atoms. The number of fused-ring (bicyclic) bond motifs is 1. The molecule has 2 amide bonds. The van der Waals surface area contributed by atoms with E-state index in [4.69, 9.17) is 0 Å². The lowest BCUT2D eigenvalue weighted by Crippen LogP contribution is -2.33. The summed E-state index contributed by atoms with van der Waals surface area (Å²) < 4.78 is 1.91. The van der Waals surface area contributed by atoms with Gasteiger partial charge in [0.05, 0.1) is 5.69 Å². The third-order valence-corrected chi connectivity index (χ3v) is 4.68. The molecular formula is C20H27N5O2. The molecule has 0 atom stereocenters. The van der Waals surface area contributed by atoms with Crippen LogP contribution in [-0.4, -0.2) is 53.5 Å². The van der Waals surface area contributed by atoms with Gasteiger partial charge in [0, 0.05) is 26.2 Å². The Kier molecular flexibility index (Phi) is 6.24. The van der Waals surface area contributed by atoms with Crippen LogP contribution in [0.1, 0.15) is 45.2 Å². The van der Waals surface area contributed by atoms with Gasteiger partial charge in [-0.15, -0.1) is 0 Å². The van der Waals surface area contributed by atoms with Crippen molar-refractivity contribution < 1.29 is 9.59 Å². The van der Waals surface area contributed by atoms with Crippen molar-refractivity contribution in [2.24, 2.45) is 0 Å². The van der Waals surface area contributed by atoms with Gasteiger partial charge in [0.2, 0.25) is 0 Å². The van der Waals surface area contributed by atoms with Gasteiger partial charge in [-0.1, -0.05) is 30.3 Å². The Labute approximate surface area is 159 Å². The number of imidazole rings is 1. The molecule has 0 fully saturated rings. The fourth-order valence-electron chi connectivity index (χ4n) is 3.23. The molecular weight excluding hydrogens is 342 g/mol. The summed E-state index contributed by atoms with van der Waals surface area (Å²) in [5.74, 6) is -0.104. The van der Waals surface area contributed by atoms with Gasteiger partial charge in [0.1, 0.15) is 5.69 Å². The highest BCUT2D eigenvalue weighted by atomic mass is 16.2. The molecule has 0 saturated heterocycles. The number of aromatic nitrogens is 2. The van der Waals surface area contributed by atoms with E-state index < -0.39 is 0 Å². The van der Waals surface area contributed by atoms with E-state index in [1.165, 1.54) is 0 Å². The number of nitrogens with one attached hydrogen (secondary N) is 2. The Morgan fingerprint density at radius 1 is 1.11 bits per heavy atom. The number of hydrogen-bond acceptors (Lipinski definition) is 4. The highest BCUT2D eigenvalue weighted by Gasteiger charge is 2.27. The molecule has 7 nitrogen and oxygen atoms in total. The largest absolute Gasteiger partial charge is 0.348 e. The molecule has 2 aromatic rings. The summed E-state index contributed by atoms with van der Waals surface area (Å²) in [6.45, 7) is 2.47. The van der Waals surface area contributed by atoms with Gasteiger partial charge in [0.15, 0.2) is 5.82 Å². The number of rotatable bonds is 7. The van der Waals surface area contributed by atoms with Crippen LogP contribution in [0.3, 0.4) is 0 Å². The van der Waals surface area contributed by atoms with Crippen molar-refractivity contribution in [2.45, 2.75) is 32.4 Å². The van der Waals surface area contributed by atoms with Gasteiger partial charge < -0.3 is 20.1 Å². The Morgan fingerprint density at radius 3 is 2.63 bits per heavy atom. The quantitative estimate of drug-likeness (QED) is 0.774. The molecule has 1 aromatic heterocycles. The fraction of sp³-hybridized carbons (Fsp3) is 0.450. The zero-order valence-corrected chi connectivity index (χ0v) is 16.0. The monoisotopic (exact) mass is 369 g/mol. The minimum Gasteiger partial charge on any atom is -0.348 e. The molecule has 0 spiro atoms. The normalized spacial score (nSPS) is 13.3. The molecule has 144 valence electrons. The van der Waals surface area contributed by atoms with Crippen LogP contribution in [0.15, 0.2) is 30.3 Å². The van der Waals surface area contributed by atoms with Gasteiger partial charge in [-0.25, -0.2) is 4.98 Å².